The first-order chi connectivity index (χ1) is 15.7. The third kappa shape index (κ3) is 4.25. The first-order valence-corrected chi connectivity index (χ1v) is 11.0. The lowest BCUT2D eigenvalue weighted by Crippen LogP contribution is -2.44. The Hall–Kier alpha value is -3.57. The number of anilines is 3. The smallest absolute Gasteiger partial charge is 0.138 e. The molecule has 0 unspecified atom stereocenters. The molecule has 1 aliphatic rings. The van der Waals surface area contributed by atoms with E-state index in [1.807, 2.05) is 24.4 Å². The van der Waals surface area contributed by atoms with E-state index >= 15 is 0 Å². The fourth-order valence-electron chi connectivity index (χ4n) is 4.21. The van der Waals surface area contributed by atoms with E-state index in [2.05, 4.69) is 81.7 Å². The standard InChI is InChI=1S/C27H28N4O/c1-30-14-16-31(17-15-30)24-10-8-23(9-11-24)29-27-26-19-22(7-6-20(26)12-13-28-27)21-4-3-5-25(18-21)32-2/h3-13,18-19H,14-17H2,1-2H3,(H,28,29). The predicted molar refractivity (Wildman–Crippen MR) is 133 cm³/mol. The molecule has 1 saturated heterocycles. The molecule has 32 heavy (non-hydrogen) atoms. The van der Waals surface area contributed by atoms with Gasteiger partial charge in [-0.1, -0.05) is 24.3 Å². The molecule has 3 aromatic carbocycles. The van der Waals surface area contributed by atoms with Crippen LogP contribution in [0.1, 0.15) is 0 Å². The summed E-state index contributed by atoms with van der Waals surface area (Å²) in [7, 11) is 3.88. The summed E-state index contributed by atoms with van der Waals surface area (Å²) in [5.74, 6) is 1.71. The summed E-state index contributed by atoms with van der Waals surface area (Å²) in [4.78, 5) is 9.46. The molecule has 5 nitrogen and oxygen atoms in total. The lowest BCUT2D eigenvalue weighted by Gasteiger charge is -2.34. The molecule has 1 N–H and O–H groups in total. The van der Waals surface area contributed by atoms with Gasteiger partial charge in [0.2, 0.25) is 0 Å². The molecule has 1 fully saturated rings. The van der Waals surface area contributed by atoms with Gasteiger partial charge in [0.05, 0.1) is 7.11 Å². The number of methoxy groups -OCH3 is 1. The normalized spacial score (nSPS) is 14.5. The third-order valence-corrected chi connectivity index (χ3v) is 6.17. The number of benzene rings is 3. The molecule has 162 valence electrons. The molecule has 2 heterocycles. The Kier molecular flexibility index (Phi) is 5.65. The summed E-state index contributed by atoms with van der Waals surface area (Å²) < 4.78 is 5.39. The second-order valence-electron chi connectivity index (χ2n) is 8.29. The van der Waals surface area contributed by atoms with Gasteiger partial charge in [-0.2, -0.15) is 0 Å². The highest BCUT2D eigenvalue weighted by Crippen LogP contribution is 2.31. The van der Waals surface area contributed by atoms with Crippen LogP contribution < -0.4 is 15.0 Å². The number of fused-ring (bicyclic) bond motifs is 1. The van der Waals surface area contributed by atoms with E-state index in [9.17, 15) is 0 Å². The molecular weight excluding hydrogens is 396 g/mol. The van der Waals surface area contributed by atoms with Crippen molar-refractivity contribution >= 4 is 28.0 Å². The van der Waals surface area contributed by atoms with Crippen molar-refractivity contribution in [3.05, 3.63) is 79.0 Å². The Morgan fingerprint density at radius 1 is 0.844 bits per heavy atom. The average Bonchev–Trinajstić information content (AvgIpc) is 2.85. The highest BCUT2D eigenvalue weighted by Gasteiger charge is 2.14. The van der Waals surface area contributed by atoms with Crippen molar-refractivity contribution in [3.8, 4) is 16.9 Å². The van der Waals surface area contributed by atoms with Crippen molar-refractivity contribution in [2.75, 3.05) is 50.6 Å². The first-order valence-electron chi connectivity index (χ1n) is 11.0. The molecule has 0 saturated carbocycles. The van der Waals surface area contributed by atoms with Gasteiger partial charge in [0, 0.05) is 49.1 Å². The molecule has 5 rings (SSSR count). The molecule has 0 aliphatic carbocycles. The molecule has 0 amide bonds. The molecule has 4 aromatic rings. The fraction of sp³-hybridized carbons (Fsp3) is 0.222. The van der Waals surface area contributed by atoms with Crippen LogP contribution in [0.5, 0.6) is 5.75 Å². The molecule has 5 heteroatoms. The summed E-state index contributed by atoms with van der Waals surface area (Å²) in [6.07, 6.45) is 1.86. The summed E-state index contributed by atoms with van der Waals surface area (Å²) >= 11 is 0. The Labute approximate surface area is 189 Å². The highest BCUT2D eigenvalue weighted by atomic mass is 16.5. The number of aromatic nitrogens is 1. The average molecular weight is 425 g/mol. The number of rotatable bonds is 5. The van der Waals surface area contributed by atoms with Crippen LogP contribution in [-0.2, 0) is 0 Å². The monoisotopic (exact) mass is 424 g/mol. The Morgan fingerprint density at radius 3 is 2.41 bits per heavy atom. The minimum absolute atomic E-state index is 0.854. The Bertz CT molecular complexity index is 1210. The second-order valence-corrected chi connectivity index (χ2v) is 8.29. The van der Waals surface area contributed by atoms with Crippen LogP contribution in [0, 0.1) is 0 Å². The largest absolute Gasteiger partial charge is 0.497 e. The van der Waals surface area contributed by atoms with E-state index in [-0.39, 0.29) is 0 Å². The van der Waals surface area contributed by atoms with Gasteiger partial charge < -0.3 is 19.9 Å². The van der Waals surface area contributed by atoms with Crippen LogP contribution in [0.2, 0.25) is 0 Å². The van der Waals surface area contributed by atoms with E-state index in [1.54, 1.807) is 7.11 Å². The lowest BCUT2D eigenvalue weighted by atomic mass is 10.0. The number of pyridine rings is 1. The van der Waals surface area contributed by atoms with Crippen LogP contribution in [0.4, 0.5) is 17.2 Å². The SMILES string of the molecule is COc1cccc(-c2ccc3ccnc(Nc4ccc(N5CCN(C)CC5)cc4)c3c2)c1. The minimum atomic E-state index is 0.854. The predicted octanol–water partition coefficient (Wildman–Crippen LogP) is 5.41. The van der Waals surface area contributed by atoms with Gasteiger partial charge in [-0.15, -0.1) is 0 Å². The minimum Gasteiger partial charge on any atom is -0.497 e. The number of ether oxygens (including phenoxy) is 1. The van der Waals surface area contributed by atoms with Crippen molar-refractivity contribution in [3.63, 3.8) is 0 Å². The molecule has 0 atom stereocenters. The summed E-state index contributed by atoms with van der Waals surface area (Å²) in [5, 5.41) is 5.77. The summed E-state index contributed by atoms with van der Waals surface area (Å²) in [6.45, 7) is 4.35. The van der Waals surface area contributed by atoms with Crippen LogP contribution >= 0.6 is 0 Å². The molecule has 1 aliphatic heterocycles. The number of hydrogen-bond donors (Lipinski definition) is 1. The van der Waals surface area contributed by atoms with Crippen LogP contribution in [-0.4, -0.2) is 50.2 Å². The van der Waals surface area contributed by atoms with Crippen LogP contribution in [0.25, 0.3) is 21.9 Å². The summed E-state index contributed by atoms with van der Waals surface area (Å²) in [6, 6.07) is 25.3. The van der Waals surface area contributed by atoms with Gasteiger partial charge in [-0.3, -0.25) is 0 Å². The van der Waals surface area contributed by atoms with Crippen molar-refractivity contribution in [2.45, 2.75) is 0 Å². The van der Waals surface area contributed by atoms with Gasteiger partial charge in [0.1, 0.15) is 11.6 Å². The zero-order chi connectivity index (χ0) is 21.9. The number of nitrogens with one attached hydrogen (secondary N) is 1. The number of likely N-dealkylation sites (N-methyl/N-ethyl adjacent to an activating group) is 1. The first kappa shape index (κ1) is 20.3. The molecule has 0 radical (unpaired) electrons. The number of hydrogen-bond acceptors (Lipinski definition) is 5. The van der Waals surface area contributed by atoms with E-state index in [0.717, 1.165) is 65.3 Å². The number of nitrogens with zero attached hydrogens (tertiary/aromatic N) is 3. The zero-order valence-corrected chi connectivity index (χ0v) is 18.6. The van der Waals surface area contributed by atoms with E-state index in [1.165, 1.54) is 5.69 Å². The molecule has 1 aromatic heterocycles. The molecule has 0 spiro atoms. The maximum absolute atomic E-state index is 5.39. The van der Waals surface area contributed by atoms with Crippen molar-refractivity contribution in [1.29, 1.82) is 0 Å². The van der Waals surface area contributed by atoms with Crippen molar-refractivity contribution < 1.29 is 4.74 Å². The summed E-state index contributed by atoms with van der Waals surface area (Å²) in [5.41, 5.74) is 4.57. The maximum Gasteiger partial charge on any atom is 0.138 e. The van der Waals surface area contributed by atoms with Crippen LogP contribution in [0.3, 0.4) is 0 Å². The molecule has 0 bridgehead atoms. The highest BCUT2D eigenvalue weighted by molar-refractivity contribution is 5.96. The van der Waals surface area contributed by atoms with Gasteiger partial charge in [0.25, 0.3) is 0 Å². The Balaban J connectivity index is 1.41. The van der Waals surface area contributed by atoms with E-state index in [4.69, 9.17) is 4.74 Å². The van der Waals surface area contributed by atoms with Gasteiger partial charge in [-0.25, -0.2) is 4.98 Å². The second kappa shape index (κ2) is 8.89. The fourth-order valence-corrected chi connectivity index (χ4v) is 4.21. The van der Waals surface area contributed by atoms with Crippen molar-refractivity contribution in [2.24, 2.45) is 0 Å². The van der Waals surface area contributed by atoms with Gasteiger partial charge in [-0.05, 0) is 72.1 Å². The van der Waals surface area contributed by atoms with E-state index in [0.29, 0.717) is 0 Å². The lowest BCUT2D eigenvalue weighted by molar-refractivity contribution is 0.313. The van der Waals surface area contributed by atoms with Crippen molar-refractivity contribution in [1.82, 2.24) is 9.88 Å². The topological polar surface area (TPSA) is 40.6 Å². The van der Waals surface area contributed by atoms with Gasteiger partial charge >= 0.3 is 0 Å². The zero-order valence-electron chi connectivity index (χ0n) is 18.6. The maximum atomic E-state index is 5.39. The molecular formula is C27H28N4O. The van der Waals surface area contributed by atoms with Gasteiger partial charge in [0.15, 0.2) is 0 Å². The third-order valence-electron chi connectivity index (χ3n) is 6.17. The van der Waals surface area contributed by atoms with Crippen LogP contribution in [0.15, 0.2) is 79.0 Å². The number of piperazine rings is 1. The Morgan fingerprint density at radius 2 is 1.62 bits per heavy atom. The quantitative estimate of drug-likeness (QED) is 0.464. The van der Waals surface area contributed by atoms with E-state index < -0.39 is 0 Å².